The third-order valence-electron chi connectivity index (χ3n) is 2.40. The summed E-state index contributed by atoms with van der Waals surface area (Å²) in [6.07, 6.45) is 0.285. The Morgan fingerprint density at radius 2 is 1.67 bits per heavy atom. The molecule has 0 unspecified atom stereocenters. The lowest BCUT2D eigenvalue weighted by molar-refractivity contribution is 0.0990. The van der Waals surface area contributed by atoms with Crippen molar-refractivity contribution in [2.24, 2.45) is 0 Å². The highest BCUT2D eigenvalue weighted by atomic mass is 16.5. The smallest absolute Gasteiger partial charge is 0.0609 e. The van der Waals surface area contributed by atoms with Crippen molar-refractivity contribution in [2.45, 2.75) is 25.9 Å². The molecule has 1 nitrogen and oxygen atoms in total. The molecule has 1 rings (SSSR count). The Kier molecular flexibility index (Phi) is 3.30. The van der Waals surface area contributed by atoms with Gasteiger partial charge in [-0.1, -0.05) is 37.3 Å². The Morgan fingerprint density at radius 1 is 1.08 bits per heavy atom. The van der Waals surface area contributed by atoms with E-state index in [1.54, 1.807) is 7.11 Å². The van der Waals surface area contributed by atoms with Gasteiger partial charge in [-0.15, -0.1) is 0 Å². The first-order chi connectivity index (χ1) is 5.75. The lowest BCUT2D eigenvalue weighted by Gasteiger charge is -2.18. The Morgan fingerprint density at radius 3 is 2.17 bits per heavy atom. The van der Waals surface area contributed by atoms with Crippen molar-refractivity contribution >= 4 is 0 Å². The summed E-state index contributed by atoms with van der Waals surface area (Å²) in [5, 5.41) is 0. The van der Waals surface area contributed by atoms with Crippen LogP contribution < -0.4 is 0 Å². The average molecular weight is 164 g/mol. The predicted molar refractivity (Wildman–Crippen MR) is 51.3 cm³/mol. The van der Waals surface area contributed by atoms with Gasteiger partial charge >= 0.3 is 0 Å². The molecule has 0 fully saturated rings. The molecular weight excluding hydrogens is 148 g/mol. The zero-order chi connectivity index (χ0) is 8.97. The summed E-state index contributed by atoms with van der Waals surface area (Å²) in [6.45, 7) is 4.28. The first kappa shape index (κ1) is 9.27. The molecule has 0 aliphatic rings. The predicted octanol–water partition coefficient (Wildman–Crippen LogP) is 2.83. The molecule has 1 aromatic carbocycles. The van der Waals surface area contributed by atoms with Crippen molar-refractivity contribution in [3.8, 4) is 0 Å². The fourth-order valence-corrected chi connectivity index (χ4v) is 1.23. The van der Waals surface area contributed by atoms with Crippen LogP contribution in [0.15, 0.2) is 30.3 Å². The second-order valence-corrected chi connectivity index (χ2v) is 3.14. The minimum atomic E-state index is 0.285. The SMILES string of the molecule is CO[C@@H](C)[C@@H](C)c1ccccc1. The molecule has 12 heavy (non-hydrogen) atoms. The molecule has 2 atom stereocenters. The number of ether oxygens (including phenoxy) is 1. The Labute approximate surface area is 74.4 Å². The molecule has 1 heteroatoms. The molecular formula is C11H16O. The molecule has 0 saturated carbocycles. The van der Waals surface area contributed by atoms with Crippen LogP contribution in [0.2, 0.25) is 0 Å². The molecule has 66 valence electrons. The summed E-state index contributed by atoms with van der Waals surface area (Å²) < 4.78 is 5.27. The first-order valence-corrected chi connectivity index (χ1v) is 4.33. The van der Waals surface area contributed by atoms with Gasteiger partial charge in [-0.3, -0.25) is 0 Å². The summed E-state index contributed by atoms with van der Waals surface area (Å²) in [6, 6.07) is 10.4. The molecule has 0 N–H and O–H groups in total. The second-order valence-electron chi connectivity index (χ2n) is 3.14. The van der Waals surface area contributed by atoms with Gasteiger partial charge in [0.05, 0.1) is 6.10 Å². The van der Waals surface area contributed by atoms with Gasteiger partial charge in [0.25, 0.3) is 0 Å². The van der Waals surface area contributed by atoms with Gasteiger partial charge in [-0.2, -0.15) is 0 Å². The van der Waals surface area contributed by atoms with E-state index < -0.39 is 0 Å². The van der Waals surface area contributed by atoms with Gasteiger partial charge in [-0.25, -0.2) is 0 Å². The molecule has 0 aliphatic carbocycles. The second kappa shape index (κ2) is 4.27. The van der Waals surface area contributed by atoms with E-state index in [-0.39, 0.29) is 6.10 Å². The molecule has 0 heterocycles. The zero-order valence-electron chi connectivity index (χ0n) is 7.95. The summed E-state index contributed by atoms with van der Waals surface area (Å²) >= 11 is 0. The Hall–Kier alpha value is -0.820. The number of benzene rings is 1. The van der Waals surface area contributed by atoms with Gasteiger partial charge in [0.2, 0.25) is 0 Å². The molecule has 1 aromatic rings. The lowest BCUT2D eigenvalue weighted by Crippen LogP contribution is -2.13. The highest BCUT2D eigenvalue weighted by molar-refractivity contribution is 5.19. The van der Waals surface area contributed by atoms with Gasteiger partial charge in [-0.05, 0) is 12.5 Å². The quantitative estimate of drug-likeness (QED) is 0.667. The van der Waals surface area contributed by atoms with Crippen molar-refractivity contribution in [2.75, 3.05) is 7.11 Å². The maximum atomic E-state index is 5.27. The maximum absolute atomic E-state index is 5.27. The summed E-state index contributed by atoms with van der Waals surface area (Å²) in [5.41, 5.74) is 1.34. The maximum Gasteiger partial charge on any atom is 0.0609 e. The Balaban J connectivity index is 2.71. The van der Waals surface area contributed by atoms with Crippen LogP contribution in [0.5, 0.6) is 0 Å². The third kappa shape index (κ3) is 2.08. The van der Waals surface area contributed by atoms with Crippen LogP contribution in [0.25, 0.3) is 0 Å². The minimum Gasteiger partial charge on any atom is -0.381 e. The standard InChI is InChI=1S/C11H16O/c1-9(10(2)12-3)11-7-5-4-6-8-11/h4-10H,1-3H3/t9-,10+/m1/s1. The van der Waals surface area contributed by atoms with Crippen LogP contribution in [0, 0.1) is 0 Å². The van der Waals surface area contributed by atoms with E-state index in [4.69, 9.17) is 4.74 Å². The number of hydrogen-bond acceptors (Lipinski definition) is 1. The number of hydrogen-bond donors (Lipinski definition) is 0. The van der Waals surface area contributed by atoms with E-state index in [1.165, 1.54) is 5.56 Å². The normalized spacial score (nSPS) is 15.6. The molecule has 0 spiro atoms. The van der Waals surface area contributed by atoms with Gasteiger partial charge in [0.1, 0.15) is 0 Å². The minimum absolute atomic E-state index is 0.285. The average Bonchev–Trinajstić information content (AvgIpc) is 2.17. The molecule has 0 aromatic heterocycles. The van der Waals surface area contributed by atoms with Crippen molar-refractivity contribution in [1.82, 2.24) is 0 Å². The van der Waals surface area contributed by atoms with Crippen LogP contribution in [0.1, 0.15) is 25.3 Å². The molecule has 0 radical (unpaired) electrons. The highest BCUT2D eigenvalue weighted by Crippen LogP contribution is 2.19. The van der Waals surface area contributed by atoms with E-state index in [1.807, 2.05) is 6.07 Å². The van der Waals surface area contributed by atoms with Gasteiger partial charge in [0, 0.05) is 13.0 Å². The monoisotopic (exact) mass is 164 g/mol. The topological polar surface area (TPSA) is 9.23 Å². The number of methoxy groups -OCH3 is 1. The van der Waals surface area contributed by atoms with Crippen LogP contribution in [0.3, 0.4) is 0 Å². The number of rotatable bonds is 3. The molecule has 0 saturated heterocycles. The van der Waals surface area contributed by atoms with Crippen LogP contribution in [0.4, 0.5) is 0 Å². The summed E-state index contributed by atoms with van der Waals surface area (Å²) in [7, 11) is 1.75. The van der Waals surface area contributed by atoms with E-state index in [0.29, 0.717) is 5.92 Å². The van der Waals surface area contributed by atoms with Crippen molar-refractivity contribution < 1.29 is 4.74 Å². The summed E-state index contributed by atoms with van der Waals surface area (Å²) in [5.74, 6) is 0.469. The molecule has 0 aliphatic heterocycles. The van der Waals surface area contributed by atoms with Gasteiger partial charge < -0.3 is 4.74 Å². The van der Waals surface area contributed by atoms with Crippen molar-refractivity contribution in [1.29, 1.82) is 0 Å². The lowest BCUT2D eigenvalue weighted by atomic mass is 9.96. The van der Waals surface area contributed by atoms with Crippen LogP contribution in [-0.2, 0) is 4.74 Å². The van der Waals surface area contributed by atoms with Crippen LogP contribution >= 0.6 is 0 Å². The largest absolute Gasteiger partial charge is 0.381 e. The molecule has 0 bridgehead atoms. The van der Waals surface area contributed by atoms with E-state index >= 15 is 0 Å². The molecule has 0 amide bonds. The van der Waals surface area contributed by atoms with Gasteiger partial charge in [0.15, 0.2) is 0 Å². The van der Waals surface area contributed by atoms with E-state index in [0.717, 1.165) is 0 Å². The Bertz CT molecular complexity index is 218. The van der Waals surface area contributed by atoms with E-state index in [9.17, 15) is 0 Å². The fraction of sp³-hybridized carbons (Fsp3) is 0.455. The van der Waals surface area contributed by atoms with Crippen LogP contribution in [-0.4, -0.2) is 13.2 Å². The fourth-order valence-electron chi connectivity index (χ4n) is 1.23. The zero-order valence-corrected chi connectivity index (χ0v) is 7.95. The summed E-state index contributed by atoms with van der Waals surface area (Å²) in [4.78, 5) is 0. The van der Waals surface area contributed by atoms with E-state index in [2.05, 4.69) is 38.1 Å². The third-order valence-corrected chi connectivity index (χ3v) is 2.40. The van der Waals surface area contributed by atoms with Crippen molar-refractivity contribution in [3.05, 3.63) is 35.9 Å². The first-order valence-electron chi connectivity index (χ1n) is 4.33. The highest BCUT2D eigenvalue weighted by Gasteiger charge is 2.12. The van der Waals surface area contributed by atoms with Crippen molar-refractivity contribution in [3.63, 3.8) is 0 Å².